The van der Waals surface area contributed by atoms with Gasteiger partial charge < -0.3 is 0 Å². The molecule has 2 aromatic rings. The number of fused-ring (bicyclic) bond motifs is 3. The van der Waals surface area contributed by atoms with Gasteiger partial charge in [0, 0.05) is 18.7 Å². The van der Waals surface area contributed by atoms with Crippen molar-refractivity contribution in [2.75, 3.05) is 0 Å². The van der Waals surface area contributed by atoms with Crippen LogP contribution in [0.1, 0.15) is 60.9 Å². The van der Waals surface area contributed by atoms with E-state index in [-0.39, 0.29) is 11.7 Å². The Bertz CT molecular complexity index is 652. The van der Waals surface area contributed by atoms with Gasteiger partial charge in [0.15, 0.2) is 5.78 Å². The van der Waals surface area contributed by atoms with Crippen LogP contribution in [0.15, 0.2) is 24.3 Å². The average Bonchev–Trinajstić information content (AvgIpc) is 2.76. The van der Waals surface area contributed by atoms with E-state index in [9.17, 15) is 9.59 Å². The maximum atomic E-state index is 12.0. The summed E-state index contributed by atoms with van der Waals surface area (Å²) in [5.41, 5.74) is 2.53. The molecule has 0 aliphatic heterocycles. The quantitative estimate of drug-likeness (QED) is 0.719. The number of ketones is 1. The molecule has 0 atom stereocenters. The van der Waals surface area contributed by atoms with Gasteiger partial charge in [-0.05, 0) is 24.5 Å². The molecule has 3 heteroatoms. The van der Waals surface area contributed by atoms with Gasteiger partial charge in [-0.1, -0.05) is 38.5 Å². The molecular formula is C17H21NO2. The number of hydrogen-bond donors (Lipinski definition) is 0. The summed E-state index contributed by atoms with van der Waals surface area (Å²) in [5, 5.41) is 1.05. The fourth-order valence-electron chi connectivity index (χ4n) is 2.72. The first kappa shape index (κ1) is 14.5. The lowest BCUT2D eigenvalue weighted by Crippen LogP contribution is -2.18. The maximum absolute atomic E-state index is 12.0. The van der Waals surface area contributed by atoms with E-state index >= 15 is 0 Å². The van der Waals surface area contributed by atoms with Crippen molar-refractivity contribution in [1.82, 2.24) is 4.57 Å². The fourth-order valence-corrected chi connectivity index (χ4v) is 2.72. The van der Waals surface area contributed by atoms with Gasteiger partial charge in [-0.2, -0.15) is 0 Å². The third kappa shape index (κ3) is 2.40. The first-order valence-electron chi connectivity index (χ1n) is 7.28. The third-order valence-electron chi connectivity index (χ3n) is 3.39. The number of rotatable bonds is 0. The topological polar surface area (TPSA) is 39.1 Å². The smallest absolute Gasteiger partial charge is 0.228 e. The fraction of sp³-hybridized carbons (Fsp3) is 0.412. The molecule has 20 heavy (non-hydrogen) atoms. The second kappa shape index (κ2) is 6.04. The van der Waals surface area contributed by atoms with E-state index in [0.717, 1.165) is 29.3 Å². The van der Waals surface area contributed by atoms with Gasteiger partial charge in [-0.25, -0.2) is 0 Å². The van der Waals surface area contributed by atoms with E-state index < -0.39 is 0 Å². The summed E-state index contributed by atoms with van der Waals surface area (Å²) in [6.07, 6.45) is 3.58. The number of benzene rings is 1. The molecule has 0 saturated heterocycles. The molecule has 0 N–H and O–H groups in total. The van der Waals surface area contributed by atoms with Crippen LogP contribution in [0.5, 0.6) is 0 Å². The Balaban J connectivity index is 0.000000452. The van der Waals surface area contributed by atoms with Crippen LogP contribution in [0.25, 0.3) is 10.9 Å². The molecule has 0 spiro atoms. The van der Waals surface area contributed by atoms with Crippen LogP contribution in [0, 0.1) is 0 Å². The summed E-state index contributed by atoms with van der Waals surface area (Å²) in [6.45, 7) is 5.76. The van der Waals surface area contributed by atoms with Crippen LogP contribution < -0.4 is 0 Å². The molecule has 106 valence electrons. The molecule has 3 rings (SSSR count). The Labute approximate surface area is 119 Å². The number of hydrogen-bond acceptors (Lipinski definition) is 2. The Morgan fingerprint density at radius 3 is 2.50 bits per heavy atom. The zero-order valence-electron chi connectivity index (χ0n) is 12.4. The summed E-state index contributed by atoms with van der Waals surface area (Å²) in [6, 6.07) is 7.75. The van der Waals surface area contributed by atoms with Gasteiger partial charge >= 0.3 is 0 Å². The lowest BCUT2D eigenvalue weighted by molar-refractivity contribution is 0.0899. The van der Waals surface area contributed by atoms with E-state index in [0.29, 0.717) is 12.1 Å². The number of aryl methyl sites for hydroxylation is 1. The molecule has 0 amide bonds. The number of para-hydroxylation sites is 1. The predicted octanol–water partition coefficient (Wildman–Crippen LogP) is 4.24. The van der Waals surface area contributed by atoms with E-state index in [1.54, 1.807) is 4.57 Å². The van der Waals surface area contributed by atoms with Crippen molar-refractivity contribution in [1.29, 1.82) is 0 Å². The van der Waals surface area contributed by atoms with Crippen molar-refractivity contribution >= 4 is 22.6 Å². The van der Waals surface area contributed by atoms with E-state index in [4.69, 9.17) is 0 Å². The molecular weight excluding hydrogens is 250 g/mol. The van der Waals surface area contributed by atoms with Gasteiger partial charge in [0.1, 0.15) is 0 Å². The summed E-state index contributed by atoms with van der Waals surface area (Å²) in [4.78, 5) is 23.8. The lowest BCUT2D eigenvalue weighted by Gasteiger charge is -2.12. The Morgan fingerprint density at radius 2 is 1.85 bits per heavy atom. The largest absolute Gasteiger partial charge is 0.293 e. The summed E-state index contributed by atoms with van der Waals surface area (Å²) in [7, 11) is 0. The summed E-state index contributed by atoms with van der Waals surface area (Å²) >= 11 is 0. The minimum Gasteiger partial charge on any atom is -0.293 e. The molecule has 1 heterocycles. The molecule has 0 saturated carbocycles. The van der Waals surface area contributed by atoms with Gasteiger partial charge in [0.05, 0.1) is 11.2 Å². The van der Waals surface area contributed by atoms with Crippen molar-refractivity contribution in [3.8, 4) is 0 Å². The normalized spacial score (nSPS) is 13.7. The van der Waals surface area contributed by atoms with Crippen LogP contribution >= 0.6 is 0 Å². The van der Waals surface area contributed by atoms with Crippen molar-refractivity contribution in [3.63, 3.8) is 0 Å². The van der Waals surface area contributed by atoms with Crippen molar-refractivity contribution in [3.05, 3.63) is 35.5 Å². The van der Waals surface area contributed by atoms with E-state index in [1.807, 2.05) is 24.3 Å². The molecule has 1 aromatic heterocycles. The van der Waals surface area contributed by atoms with E-state index in [1.165, 1.54) is 13.3 Å². The van der Waals surface area contributed by atoms with Crippen LogP contribution in [0.2, 0.25) is 0 Å². The second-order valence-corrected chi connectivity index (χ2v) is 5.18. The summed E-state index contributed by atoms with van der Waals surface area (Å²) < 4.78 is 1.58. The van der Waals surface area contributed by atoms with Crippen LogP contribution in [0.4, 0.5) is 0 Å². The minimum atomic E-state index is -0.0855. The van der Waals surface area contributed by atoms with Crippen LogP contribution in [-0.4, -0.2) is 16.3 Å². The zero-order valence-corrected chi connectivity index (χ0v) is 12.4. The molecule has 0 fully saturated rings. The number of Topliss-reactive ketones (excluding diaryl/α,β-unsaturated/α-hetero) is 1. The minimum absolute atomic E-state index is 0.0855. The Morgan fingerprint density at radius 1 is 1.20 bits per heavy atom. The number of aromatic nitrogens is 1. The maximum Gasteiger partial charge on any atom is 0.228 e. The molecule has 0 unspecified atom stereocenters. The third-order valence-corrected chi connectivity index (χ3v) is 3.39. The van der Waals surface area contributed by atoms with Crippen LogP contribution in [-0.2, 0) is 6.42 Å². The highest BCUT2D eigenvalue weighted by Crippen LogP contribution is 2.31. The highest BCUT2D eigenvalue weighted by Gasteiger charge is 2.26. The van der Waals surface area contributed by atoms with Crippen molar-refractivity contribution in [2.24, 2.45) is 0 Å². The molecule has 1 aliphatic rings. The Kier molecular flexibility index (Phi) is 4.38. The SMILES string of the molecule is CC(=O)n1c2c(c3ccccc31)CCCC2=O.CCC. The molecule has 1 aromatic carbocycles. The first-order chi connectivity index (χ1) is 9.61. The van der Waals surface area contributed by atoms with Gasteiger partial charge in [0.2, 0.25) is 5.91 Å². The molecule has 0 bridgehead atoms. The summed E-state index contributed by atoms with van der Waals surface area (Å²) in [5.74, 6) is 0.00958. The highest BCUT2D eigenvalue weighted by atomic mass is 16.2. The highest BCUT2D eigenvalue weighted by molar-refractivity contribution is 6.08. The predicted molar refractivity (Wildman–Crippen MR) is 81.5 cm³/mol. The van der Waals surface area contributed by atoms with Crippen molar-refractivity contribution in [2.45, 2.75) is 46.5 Å². The average molecular weight is 271 g/mol. The van der Waals surface area contributed by atoms with Gasteiger partial charge in [-0.15, -0.1) is 0 Å². The molecule has 3 nitrogen and oxygen atoms in total. The monoisotopic (exact) mass is 271 g/mol. The molecule has 0 radical (unpaired) electrons. The van der Waals surface area contributed by atoms with Crippen molar-refractivity contribution < 1.29 is 9.59 Å². The molecule has 1 aliphatic carbocycles. The lowest BCUT2D eigenvalue weighted by atomic mass is 9.94. The Hall–Kier alpha value is -1.90. The number of carbonyl (C=O) groups excluding carboxylic acids is 2. The number of nitrogens with zero attached hydrogens (tertiary/aromatic N) is 1. The number of carbonyl (C=O) groups is 2. The standard InChI is InChI=1S/C14H13NO2.C3H8/c1-9(16)15-12-7-3-2-5-10(12)11-6-4-8-13(17)14(11)15;1-3-2/h2-3,5,7H,4,6,8H2,1H3;3H2,1-2H3. The van der Waals surface area contributed by atoms with Crippen LogP contribution in [0.3, 0.4) is 0 Å². The van der Waals surface area contributed by atoms with Gasteiger partial charge in [-0.3, -0.25) is 14.2 Å². The second-order valence-electron chi connectivity index (χ2n) is 5.18. The van der Waals surface area contributed by atoms with Gasteiger partial charge in [0.25, 0.3) is 0 Å². The zero-order chi connectivity index (χ0) is 14.7. The first-order valence-corrected chi connectivity index (χ1v) is 7.28. The van der Waals surface area contributed by atoms with E-state index in [2.05, 4.69) is 13.8 Å².